The van der Waals surface area contributed by atoms with Crippen molar-refractivity contribution in [3.05, 3.63) is 51.9 Å². The first-order valence-corrected chi connectivity index (χ1v) is 7.03. The number of carbonyl (C=O) groups excluding carboxylic acids is 2. The van der Waals surface area contributed by atoms with Gasteiger partial charge in [0.1, 0.15) is 5.00 Å². The Morgan fingerprint density at radius 2 is 1.90 bits per heavy atom. The van der Waals surface area contributed by atoms with Gasteiger partial charge in [-0.3, -0.25) is 4.79 Å². The molecule has 0 aliphatic heterocycles. The van der Waals surface area contributed by atoms with E-state index in [1.54, 1.807) is 38.1 Å². The van der Waals surface area contributed by atoms with E-state index in [0.717, 1.165) is 11.3 Å². The number of thiophene rings is 1. The molecule has 0 saturated heterocycles. The number of esters is 1. The Morgan fingerprint density at radius 3 is 2.50 bits per heavy atom. The van der Waals surface area contributed by atoms with Crippen molar-refractivity contribution < 1.29 is 14.3 Å². The molecular formula is C15H15NO3S. The van der Waals surface area contributed by atoms with Crippen molar-refractivity contribution in [3.8, 4) is 0 Å². The highest BCUT2D eigenvalue weighted by atomic mass is 32.1. The first kappa shape index (κ1) is 14.3. The minimum absolute atomic E-state index is 0.129. The van der Waals surface area contributed by atoms with Crippen molar-refractivity contribution >= 4 is 28.1 Å². The SMILES string of the molecule is CCOC(=O)c1c(N)sc(C(=O)c2ccccc2)c1C. The molecule has 2 N–H and O–H groups in total. The minimum Gasteiger partial charge on any atom is -0.462 e. The van der Waals surface area contributed by atoms with Crippen LogP contribution in [-0.2, 0) is 4.74 Å². The molecule has 1 aromatic carbocycles. The number of ketones is 1. The quantitative estimate of drug-likeness (QED) is 0.693. The van der Waals surface area contributed by atoms with Crippen molar-refractivity contribution in [3.63, 3.8) is 0 Å². The summed E-state index contributed by atoms with van der Waals surface area (Å²) < 4.78 is 4.96. The van der Waals surface area contributed by atoms with Gasteiger partial charge in [-0.25, -0.2) is 4.79 Å². The lowest BCUT2D eigenvalue weighted by Gasteiger charge is -2.03. The maximum atomic E-state index is 12.4. The van der Waals surface area contributed by atoms with Crippen LogP contribution in [0.25, 0.3) is 0 Å². The summed E-state index contributed by atoms with van der Waals surface area (Å²) >= 11 is 1.13. The summed E-state index contributed by atoms with van der Waals surface area (Å²) in [5.74, 6) is -0.610. The van der Waals surface area contributed by atoms with Gasteiger partial charge in [-0.05, 0) is 19.4 Å². The molecule has 0 amide bonds. The van der Waals surface area contributed by atoms with Crippen molar-refractivity contribution in [2.75, 3.05) is 12.3 Å². The van der Waals surface area contributed by atoms with Crippen LogP contribution in [0.4, 0.5) is 5.00 Å². The summed E-state index contributed by atoms with van der Waals surface area (Å²) in [5, 5.41) is 0.320. The summed E-state index contributed by atoms with van der Waals surface area (Å²) in [5.41, 5.74) is 7.32. The van der Waals surface area contributed by atoms with Gasteiger partial charge in [0, 0.05) is 5.56 Å². The molecule has 0 fully saturated rings. The number of nitrogens with two attached hydrogens (primary N) is 1. The van der Waals surface area contributed by atoms with E-state index in [-0.39, 0.29) is 12.4 Å². The standard InChI is InChI=1S/C15H15NO3S/c1-3-19-15(18)11-9(2)13(20-14(11)16)12(17)10-7-5-4-6-8-10/h4-8H,3,16H2,1-2H3. The number of carbonyl (C=O) groups is 2. The predicted molar refractivity (Wildman–Crippen MR) is 79.3 cm³/mol. The van der Waals surface area contributed by atoms with Crippen LogP contribution >= 0.6 is 11.3 Å². The Hall–Kier alpha value is -2.14. The second-order valence-electron chi connectivity index (χ2n) is 4.21. The largest absolute Gasteiger partial charge is 0.462 e. The second kappa shape index (κ2) is 5.88. The third-order valence-electron chi connectivity index (χ3n) is 2.90. The van der Waals surface area contributed by atoms with Gasteiger partial charge in [-0.1, -0.05) is 30.3 Å². The lowest BCUT2D eigenvalue weighted by Crippen LogP contribution is -2.08. The fourth-order valence-corrected chi connectivity index (χ4v) is 2.95. The summed E-state index contributed by atoms with van der Waals surface area (Å²) in [7, 11) is 0. The number of anilines is 1. The Balaban J connectivity index is 2.42. The molecule has 104 valence electrons. The Morgan fingerprint density at radius 1 is 1.25 bits per heavy atom. The maximum absolute atomic E-state index is 12.4. The minimum atomic E-state index is -0.481. The second-order valence-corrected chi connectivity index (χ2v) is 5.26. The molecule has 4 nitrogen and oxygen atoms in total. The Bertz CT molecular complexity index is 647. The van der Waals surface area contributed by atoms with Crippen LogP contribution in [-0.4, -0.2) is 18.4 Å². The number of nitrogen functional groups attached to an aromatic ring is 1. The molecule has 0 aliphatic rings. The first-order valence-electron chi connectivity index (χ1n) is 6.22. The zero-order valence-corrected chi connectivity index (χ0v) is 12.1. The highest BCUT2D eigenvalue weighted by Gasteiger charge is 2.24. The Labute approximate surface area is 121 Å². The highest BCUT2D eigenvalue weighted by Crippen LogP contribution is 2.32. The average Bonchev–Trinajstić information content (AvgIpc) is 2.74. The normalized spacial score (nSPS) is 10.3. The van der Waals surface area contributed by atoms with E-state index in [4.69, 9.17) is 10.5 Å². The van der Waals surface area contributed by atoms with E-state index < -0.39 is 5.97 Å². The molecule has 1 heterocycles. The van der Waals surface area contributed by atoms with Crippen LogP contribution in [0.3, 0.4) is 0 Å². The molecule has 5 heteroatoms. The van der Waals surface area contributed by atoms with Crippen molar-refractivity contribution in [1.82, 2.24) is 0 Å². The molecule has 0 spiro atoms. The highest BCUT2D eigenvalue weighted by molar-refractivity contribution is 7.18. The van der Waals surface area contributed by atoms with Crippen LogP contribution in [0.5, 0.6) is 0 Å². The fourth-order valence-electron chi connectivity index (χ4n) is 1.93. The molecule has 2 rings (SSSR count). The molecule has 2 aromatic rings. The van der Waals surface area contributed by atoms with Gasteiger partial charge in [0.2, 0.25) is 5.78 Å². The van der Waals surface area contributed by atoms with E-state index in [2.05, 4.69) is 0 Å². The van der Waals surface area contributed by atoms with Crippen LogP contribution < -0.4 is 5.73 Å². The lowest BCUT2D eigenvalue weighted by molar-refractivity contribution is 0.0527. The smallest absolute Gasteiger partial charge is 0.341 e. The zero-order chi connectivity index (χ0) is 14.7. The van der Waals surface area contributed by atoms with Crippen molar-refractivity contribution in [2.45, 2.75) is 13.8 Å². The molecule has 0 aliphatic carbocycles. The molecular weight excluding hydrogens is 274 g/mol. The summed E-state index contributed by atoms with van der Waals surface area (Å²) in [6.07, 6.45) is 0. The van der Waals surface area contributed by atoms with E-state index in [1.807, 2.05) is 6.07 Å². The first-order chi connectivity index (χ1) is 9.56. The van der Waals surface area contributed by atoms with Crippen LogP contribution in [0.1, 0.15) is 38.1 Å². The zero-order valence-electron chi connectivity index (χ0n) is 11.3. The third-order valence-corrected chi connectivity index (χ3v) is 4.02. The summed E-state index contributed by atoms with van der Waals surface area (Å²) in [6.45, 7) is 3.72. The topological polar surface area (TPSA) is 69.4 Å². The lowest BCUT2D eigenvalue weighted by atomic mass is 10.0. The molecule has 0 saturated carbocycles. The average molecular weight is 289 g/mol. The summed E-state index contributed by atoms with van der Waals surface area (Å²) in [6, 6.07) is 8.91. The van der Waals surface area contributed by atoms with E-state index in [1.165, 1.54) is 0 Å². The fraction of sp³-hybridized carbons (Fsp3) is 0.200. The molecule has 1 aromatic heterocycles. The van der Waals surface area contributed by atoms with E-state index in [9.17, 15) is 9.59 Å². The van der Waals surface area contributed by atoms with Crippen LogP contribution in [0, 0.1) is 6.92 Å². The van der Waals surface area contributed by atoms with Gasteiger partial charge >= 0.3 is 5.97 Å². The molecule has 0 radical (unpaired) electrons. The van der Waals surface area contributed by atoms with E-state index >= 15 is 0 Å². The number of rotatable bonds is 4. The van der Waals surface area contributed by atoms with Crippen LogP contribution in [0.15, 0.2) is 30.3 Å². The van der Waals surface area contributed by atoms with Gasteiger partial charge in [-0.15, -0.1) is 11.3 Å². The van der Waals surface area contributed by atoms with Gasteiger partial charge in [0.05, 0.1) is 17.0 Å². The molecule has 0 unspecified atom stereocenters. The van der Waals surface area contributed by atoms with E-state index in [0.29, 0.717) is 26.6 Å². The Kier molecular flexibility index (Phi) is 4.20. The van der Waals surface area contributed by atoms with Crippen molar-refractivity contribution in [2.24, 2.45) is 0 Å². The monoisotopic (exact) mass is 289 g/mol. The summed E-state index contributed by atoms with van der Waals surface area (Å²) in [4.78, 5) is 24.8. The van der Waals surface area contributed by atoms with Crippen molar-refractivity contribution in [1.29, 1.82) is 0 Å². The number of benzene rings is 1. The predicted octanol–water partition coefficient (Wildman–Crippen LogP) is 3.05. The van der Waals surface area contributed by atoms with Crippen LogP contribution in [0.2, 0.25) is 0 Å². The third kappa shape index (κ3) is 2.58. The van der Waals surface area contributed by atoms with Gasteiger partial charge < -0.3 is 10.5 Å². The van der Waals surface area contributed by atoms with Gasteiger partial charge in [0.15, 0.2) is 0 Å². The van der Waals surface area contributed by atoms with Gasteiger partial charge in [0.25, 0.3) is 0 Å². The number of ether oxygens (including phenoxy) is 1. The number of hydrogen-bond donors (Lipinski definition) is 1. The maximum Gasteiger partial charge on any atom is 0.341 e. The molecule has 0 atom stereocenters. The van der Waals surface area contributed by atoms with Gasteiger partial charge in [-0.2, -0.15) is 0 Å². The number of hydrogen-bond acceptors (Lipinski definition) is 5. The molecule has 0 bridgehead atoms. The molecule has 20 heavy (non-hydrogen) atoms.